The SMILES string of the molecule is C=CN(C)C(=C)C(=O)NCCC(Cc1ccccc1)N(C)C(=O)OC(C)(C)C. The van der Waals surface area contributed by atoms with Gasteiger partial charge in [0.15, 0.2) is 0 Å². The highest BCUT2D eigenvalue weighted by Gasteiger charge is 2.25. The number of hydrogen-bond acceptors (Lipinski definition) is 4. The number of carbonyl (C=O) groups is 2. The van der Waals surface area contributed by atoms with Gasteiger partial charge in [0, 0.05) is 26.7 Å². The van der Waals surface area contributed by atoms with Gasteiger partial charge in [-0.3, -0.25) is 4.79 Å². The molecular formula is C22H33N3O3. The van der Waals surface area contributed by atoms with Crippen LogP contribution in [0, 0.1) is 0 Å². The van der Waals surface area contributed by atoms with Crippen molar-refractivity contribution in [2.24, 2.45) is 0 Å². The molecular weight excluding hydrogens is 354 g/mol. The van der Waals surface area contributed by atoms with Crippen molar-refractivity contribution >= 4 is 12.0 Å². The number of amides is 2. The molecule has 1 aromatic rings. The standard InChI is InChI=1S/C22H33N3O3/c1-8-24(6)17(2)20(26)23-15-14-19(16-18-12-10-9-11-13-18)25(7)21(27)28-22(3,4)5/h8-13,19H,1-2,14-16H2,3-7H3,(H,23,26). The van der Waals surface area contributed by atoms with E-state index in [-0.39, 0.29) is 18.0 Å². The Labute approximate surface area is 168 Å². The largest absolute Gasteiger partial charge is 0.444 e. The number of carbonyl (C=O) groups excluding carboxylic acids is 2. The van der Waals surface area contributed by atoms with Crippen LogP contribution in [0.25, 0.3) is 0 Å². The third-order valence-electron chi connectivity index (χ3n) is 4.27. The summed E-state index contributed by atoms with van der Waals surface area (Å²) in [4.78, 5) is 27.8. The van der Waals surface area contributed by atoms with E-state index in [1.807, 2.05) is 51.1 Å². The molecule has 1 atom stereocenters. The lowest BCUT2D eigenvalue weighted by Crippen LogP contribution is -2.43. The molecule has 1 aromatic carbocycles. The van der Waals surface area contributed by atoms with Gasteiger partial charge in [0.1, 0.15) is 5.60 Å². The fraction of sp³-hybridized carbons (Fsp3) is 0.455. The van der Waals surface area contributed by atoms with E-state index in [9.17, 15) is 9.59 Å². The van der Waals surface area contributed by atoms with Crippen molar-refractivity contribution < 1.29 is 14.3 Å². The van der Waals surface area contributed by atoms with Crippen LogP contribution in [0.3, 0.4) is 0 Å². The van der Waals surface area contributed by atoms with Gasteiger partial charge in [-0.1, -0.05) is 43.5 Å². The average Bonchev–Trinajstić information content (AvgIpc) is 2.64. The maximum absolute atomic E-state index is 12.5. The van der Waals surface area contributed by atoms with Crippen molar-refractivity contribution in [2.45, 2.75) is 45.3 Å². The van der Waals surface area contributed by atoms with Crippen LogP contribution in [-0.2, 0) is 16.0 Å². The zero-order valence-corrected chi connectivity index (χ0v) is 17.7. The predicted molar refractivity (Wildman–Crippen MR) is 113 cm³/mol. The first-order valence-electron chi connectivity index (χ1n) is 9.37. The molecule has 0 radical (unpaired) electrons. The van der Waals surface area contributed by atoms with Gasteiger partial charge in [-0.25, -0.2) is 4.79 Å². The molecule has 1 rings (SSSR count). The Kier molecular flexibility index (Phi) is 8.76. The zero-order valence-electron chi connectivity index (χ0n) is 17.7. The molecule has 2 amide bonds. The quantitative estimate of drug-likeness (QED) is 0.658. The molecule has 0 fully saturated rings. The third-order valence-corrected chi connectivity index (χ3v) is 4.27. The first-order chi connectivity index (χ1) is 13.0. The monoisotopic (exact) mass is 387 g/mol. The molecule has 0 heterocycles. The minimum Gasteiger partial charge on any atom is -0.444 e. The number of nitrogens with one attached hydrogen (secondary N) is 1. The number of hydrogen-bond donors (Lipinski definition) is 1. The lowest BCUT2D eigenvalue weighted by atomic mass is 10.0. The molecule has 1 unspecified atom stereocenters. The van der Waals surface area contributed by atoms with Crippen molar-refractivity contribution in [2.75, 3.05) is 20.6 Å². The van der Waals surface area contributed by atoms with Crippen molar-refractivity contribution in [1.29, 1.82) is 0 Å². The fourth-order valence-electron chi connectivity index (χ4n) is 2.53. The summed E-state index contributed by atoms with van der Waals surface area (Å²) in [6.45, 7) is 13.3. The second kappa shape index (κ2) is 10.5. The number of nitrogens with zero attached hydrogens (tertiary/aromatic N) is 2. The molecule has 28 heavy (non-hydrogen) atoms. The summed E-state index contributed by atoms with van der Waals surface area (Å²) in [6.07, 6.45) is 2.40. The van der Waals surface area contributed by atoms with Gasteiger partial charge in [-0.05, 0) is 45.4 Å². The van der Waals surface area contributed by atoms with Crippen LogP contribution in [0.4, 0.5) is 4.79 Å². The molecule has 0 saturated heterocycles. The smallest absolute Gasteiger partial charge is 0.410 e. The van der Waals surface area contributed by atoms with Gasteiger partial charge in [0.05, 0.1) is 5.70 Å². The molecule has 0 aliphatic rings. The fourth-order valence-corrected chi connectivity index (χ4v) is 2.53. The van der Waals surface area contributed by atoms with Crippen LogP contribution in [0.1, 0.15) is 32.8 Å². The Morgan fingerprint density at radius 3 is 2.36 bits per heavy atom. The summed E-state index contributed by atoms with van der Waals surface area (Å²) in [5.41, 5.74) is 0.865. The molecule has 6 heteroatoms. The summed E-state index contributed by atoms with van der Waals surface area (Å²) >= 11 is 0. The molecule has 0 aliphatic carbocycles. The number of ether oxygens (including phenoxy) is 1. The third kappa shape index (κ3) is 7.86. The average molecular weight is 388 g/mol. The predicted octanol–water partition coefficient (Wildman–Crippen LogP) is 3.56. The van der Waals surface area contributed by atoms with Gasteiger partial charge >= 0.3 is 6.09 Å². The minimum absolute atomic E-state index is 0.122. The van der Waals surface area contributed by atoms with E-state index in [2.05, 4.69) is 18.5 Å². The maximum Gasteiger partial charge on any atom is 0.410 e. The van der Waals surface area contributed by atoms with Gasteiger partial charge in [0.25, 0.3) is 5.91 Å². The van der Waals surface area contributed by atoms with Crippen LogP contribution in [0.2, 0.25) is 0 Å². The molecule has 0 saturated carbocycles. The van der Waals surface area contributed by atoms with E-state index >= 15 is 0 Å². The summed E-state index contributed by atoms with van der Waals surface area (Å²) in [5, 5.41) is 2.85. The zero-order chi connectivity index (χ0) is 21.3. The van der Waals surface area contributed by atoms with Crippen molar-refractivity contribution in [1.82, 2.24) is 15.1 Å². The Balaban J connectivity index is 2.78. The van der Waals surface area contributed by atoms with Gasteiger partial charge in [-0.2, -0.15) is 0 Å². The Morgan fingerprint density at radius 1 is 1.21 bits per heavy atom. The summed E-state index contributed by atoms with van der Waals surface area (Å²) in [7, 11) is 3.44. The second-order valence-corrected chi connectivity index (χ2v) is 7.72. The molecule has 1 N–H and O–H groups in total. The lowest BCUT2D eigenvalue weighted by Gasteiger charge is -2.31. The number of rotatable bonds is 9. The summed E-state index contributed by atoms with van der Waals surface area (Å²) < 4.78 is 5.50. The van der Waals surface area contributed by atoms with Crippen LogP contribution < -0.4 is 5.32 Å². The Hall–Kier alpha value is -2.76. The molecule has 0 aliphatic heterocycles. The van der Waals surface area contributed by atoms with Crippen LogP contribution in [-0.4, -0.2) is 54.1 Å². The lowest BCUT2D eigenvalue weighted by molar-refractivity contribution is -0.118. The topological polar surface area (TPSA) is 61.9 Å². The van der Waals surface area contributed by atoms with E-state index in [0.29, 0.717) is 25.1 Å². The molecule has 6 nitrogen and oxygen atoms in total. The molecule has 0 spiro atoms. The van der Waals surface area contributed by atoms with E-state index in [1.165, 1.54) is 6.20 Å². The van der Waals surface area contributed by atoms with E-state index in [4.69, 9.17) is 4.74 Å². The molecule has 154 valence electrons. The number of benzene rings is 1. The molecule has 0 aromatic heterocycles. The summed E-state index contributed by atoms with van der Waals surface area (Å²) in [6, 6.07) is 9.82. The maximum atomic E-state index is 12.5. The normalized spacial score (nSPS) is 11.9. The van der Waals surface area contributed by atoms with E-state index in [0.717, 1.165) is 5.56 Å². The Bertz CT molecular complexity index is 680. The van der Waals surface area contributed by atoms with Gasteiger partial charge in [0.2, 0.25) is 0 Å². The number of likely N-dealkylation sites (N-methyl/N-ethyl adjacent to an activating group) is 2. The first-order valence-corrected chi connectivity index (χ1v) is 9.37. The van der Waals surface area contributed by atoms with Gasteiger partial charge in [-0.15, -0.1) is 0 Å². The highest BCUT2D eigenvalue weighted by Crippen LogP contribution is 2.15. The van der Waals surface area contributed by atoms with Gasteiger partial charge < -0.3 is 19.9 Å². The second-order valence-electron chi connectivity index (χ2n) is 7.72. The van der Waals surface area contributed by atoms with E-state index < -0.39 is 5.60 Å². The van der Waals surface area contributed by atoms with Crippen LogP contribution >= 0.6 is 0 Å². The van der Waals surface area contributed by atoms with Crippen molar-refractivity contribution in [3.8, 4) is 0 Å². The van der Waals surface area contributed by atoms with Crippen molar-refractivity contribution in [3.05, 3.63) is 61.0 Å². The highest BCUT2D eigenvalue weighted by atomic mass is 16.6. The van der Waals surface area contributed by atoms with Crippen LogP contribution in [0.15, 0.2) is 55.4 Å². The highest BCUT2D eigenvalue weighted by molar-refractivity contribution is 5.92. The molecule has 0 bridgehead atoms. The summed E-state index contributed by atoms with van der Waals surface area (Å²) in [5.74, 6) is -0.263. The van der Waals surface area contributed by atoms with E-state index in [1.54, 1.807) is 23.9 Å². The Morgan fingerprint density at radius 2 is 1.82 bits per heavy atom. The first kappa shape index (κ1) is 23.3. The minimum atomic E-state index is -0.566. The van der Waals surface area contributed by atoms with Crippen molar-refractivity contribution in [3.63, 3.8) is 0 Å². The van der Waals surface area contributed by atoms with Crippen LogP contribution in [0.5, 0.6) is 0 Å².